The van der Waals surface area contributed by atoms with Gasteiger partial charge in [0.1, 0.15) is 0 Å². The van der Waals surface area contributed by atoms with Crippen molar-refractivity contribution in [2.45, 2.75) is 18.7 Å². The zero-order chi connectivity index (χ0) is 20.2. The second-order valence-corrected chi connectivity index (χ2v) is 8.63. The van der Waals surface area contributed by atoms with Crippen molar-refractivity contribution in [3.63, 3.8) is 0 Å². The molecule has 0 aliphatic heterocycles. The zero-order valence-corrected chi connectivity index (χ0v) is 17.7. The lowest BCUT2D eigenvalue weighted by Crippen LogP contribution is -2.31. The Morgan fingerprint density at radius 2 is 1.52 bits per heavy atom. The summed E-state index contributed by atoms with van der Waals surface area (Å²) in [6.45, 7) is 4.27. The third-order valence-corrected chi connectivity index (χ3v) is 6.65. The average Bonchev–Trinajstić information content (AvgIpc) is 2.61. The normalized spacial score (nSPS) is 11.5. The molecule has 0 fully saturated rings. The van der Waals surface area contributed by atoms with Crippen LogP contribution in [0.25, 0.3) is 0 Å². The molecule has 10 heteroatoms. The van der Waals surface area contributed by atoms with Gasteiger partial charge in [0.05, 0.1) is 20.6 Å². The number of sulfonamides is 1. The fraction of sp³-hybridized carbons (Fsp3) is 0.235. The van der Waals surface area contributed by atoms with Gasteiger partial charge in [-0.2, -0.15) is 4.31 Å². The molecule has 2 rings (SSSR count). The molecule has 0 atom stereocenters. The van der Waals surface area contributed by atoms with Crippen LogP contribution in [0, 0.1) is 0 Å². The number of hydrogen-bond donors (Lipinski definition) is 2. The fourth-order valence-electron chi connectivity index (χ4n) is 2.34. The molecule has 6 nitrogen and oxygen atoms in total. The molecule has 0 saturated heterocycles. The second kappa shape index (κ2) is 9.12. The van der Waals surface area contributed by atoms with Crippen LogP contribution in [0.1, 0.15) is 24.2 Å². The van der Waals surface area contributed by atoms with E-state index in [0.717, 1.165) is 0 Å². The lowest BCUT2D eigenvalue weighted by Gasteiger charge is -2.18. The molecule has 0 spiro atoms. The van der Waals surface area contributed by atoms with E-state index in [9.17, 15) is 13.2 Å². The van der Waals surface area contributed by atoms with Crippen molar-refractivity contribution in [1.29, 1.82) is 0 Å². The van der Waals surface area contributed by atoms with E-state index in [0.29, 0.717) is 23.8 Å². The van der Waals surface area contributed by atoms with Gasteiger partial charge < -0.3 is 0 Å². The van der Waals surface area contributed by atoms with Crippen LogP contribution in [-0.2, 0) is 10.0 Å². The van der Waals surface area contributed by atoms with Crippen LogP contribution in [0.2, 0.25) is 15.1 Å². The molecule has 0 unspecified atom stereocenters. The van der Waals surface area contributed by atoms with Crippen LogP contribution < -0.4 is 10.9 Å². The maximum atomic E-state index is 12.5. The summed E-state index contributed by atoms with van der Waals surface area (Å²) in [6.07, 6.45) is 0. The SMILES string of the molecule is CCN(CC)S(=O)(=O)c1ccc(C(=O)NNc2c(Cl)cc(Cl)cc2Cl)cc1. The molecule has 0 aliphatic carbocycles. The minimum Gasteiger partial charge on any atom is -0.295 e. The van der Waals surface area contributed by atoms with Crippen LogP contribution in [0.4, 0.5) is 5.69 Å². The molecule has 0 radical (unpaired) electrons. The molecule has 2 aromatic carbocycles. The maximum Gasteiger partial charge on any atom is 0.269 e. The molecular formula is C17H18Cl3N3O3S. The first-order chi connectivity index (χ1) is 12.7. The van der Waals surface area contributed by atoms with Crippen LogP contribution in [-0.4, -0.2) is 31.7 Å². The number of nitrogens with one attached hydrogen (secondary N) is 2. The summed E-state index contributed by atoms with van der Waals surface area (Å²) in [5, 5.41) is 0.855. The summed E-state index contributed by atoms with van der Waals surface area (Å²) in [6, 6.07) is 8.61. The highest BCUT2D eigenvalue weighted by Crippen LogP contribution is 2.33. The van der Waals surface area contributed by atoms with Crippen molar-refractivity contribution in [1.82, 2.24) is 9.73 Å². The van der Waals surface area contributed by atoms with Crippen LogP contribution >= 0.6 is 34.8 Å². The molecule has 0 bridgehead atoms. The maximum absolute atomic E-state index is 12.5. The number of amides is 1. The topological polar surface area (TPSA) is 78.5 Å². The zero-order valence-electron chi connectivity index (χ0n) is 14.6. The first kappa shape index (κ1) is 21.8. The number of halogens is 3. The van der Waals surface area contributed by atoms with Gasteiger partial charge in [0.15, 0.2) is 0 Å². The van der Waals surface area contributed by atoms with Gasteiger partial charge in [-0.15, -0.1) is 0 Å². The number of rotatable bonds is 7. The Bertz CT molecular complexity index is 907. The molecule has 1 amide bonds. The van der Waals surface area contributed by atoms with Gasteiger partial charge in [-0.05, 0) is 36.4 Å². The van der Waals surface area contributed by atoms with Gasteiger partial charge in [0, 0.05) is 23.7 Å². The van der Waals surface area contributed by atoms with E-state index in [2.05, 4.69) is 10.9 Å². The summed E-state index contributed by atoms with van der Waals surface area (Å²) in [4.78, 5) is 12.4. The first-order valence-corrected chi connectivity index (χ1v) is 10.6. The number of carbonyl (C=O) groups is 1. The standard InChI is InChI=1S/C17H18Cl3N3O3S/c1-3-23(4-2)27(25,26)13-7-5-11(6-8-13)17(24)22-21-16-14(19)9-12(18)10-15(16)20/h5-10,21H,3-4H2,1-2H3,(H,22,24). The minimum atomic E-state index is -3.58. The van der Waals surface area contributed by atoms with E-state index in [-0.39, 0.29) is 20.5 Å². The van der Waals surface area contributed by atoms with Crippen molar-refractivity contribution in [3.05, 3.63) is 57.0 Å². The quantitative estimate of drug-likeness (QED) is 0.612. The lowest BCUT2D eigenvalue weighted by molar-refractivity contribution is 0.0962. The highest BCUT2D eigenvalue weighted by molar-refractivity contribution is 7.89. The Balaban J connectivity index is 2.13. The molecule has 0 saturated carbocycles. The highest BCUT2D eigenvalue weighted by atomic mass is 35.5. The third-order valence-electron chi connectivity index (χ3n) is 3.77. The van der Waals surface area contributed by atoms with Gasteiger partial charge >= 0.3 is 0 Å². The fourth-order valence-corrected chi connectivity index (χ4v) is 4.71. The summed E-state index contributed by atoms with van der Waals surface area (Å²) in [7, 11) is -3.58. The molecule has 27 heavy (non-hydrogen) atoms. The molecule has 0 aliphatic rings. The first-order valence-electron chi connectivity index (χ1n) is 8.01. The van der Waals surface area contributed by atoms with Crippen molar-refractivity contribution >= 4 is 56.4 Å². The van der Waals surface area contributed by atoms with E-state index in [4.69, 9.17) is 34.8 Å². The lowest BCUT2D eigenvalue weighted by atomic mass is 10.2. The van der Waals surface area contributed by atoms with Gasteiger partial charge in [0.25, 0.3) is 5.91 Å². The molecule has 0 aromatic heterocycles. The largest absolute Gasteiger partial charge is 0.295 e. The van der Waals surface area contributed by atoms with Gasteiger partial charge in [-0.25, -0.2) is 8.42 Å². The molecular weight excluding hydrogens is 433 g/mol. The molecule has 2 N–H and O–H groups in total. The van der Waals surface area contributed by atoms with E-state index in [1.54, 1.807) is 13.8 Å². The van der Waals surface area contributed by atoms with E-state index in [1.807, 2.05) is 0 Å². The Morgan fingerprint density at radius 3 is 2.00 bits per heavy atom. The van der Waals surface area contributed by atoms with Crippen LogP contribution in [0.15, 0.2) is 41.3 Å². The van der Waals surface area contributed by atoms with Crippen LogP contribution in [0.5, 0.6) is 0 Å². The van der Waals surface area contributed by atoms with Crippen molar-refractivity contribution < 1.29 is 13.2 Å². The summed E-state index contributed by atoms with van der Waals surface area (Å²) >= 11 is 17.9. The van der Waals surface area contributed by atoms with Gasteiger partial charge in [-0.1, -0.05) is 48.7 Å². The molecule has 0 heterocycles. The average molecular weight is 451 g/mol. The predicted octanol–water partition coefficient (Wildman–Crippen LogP) is 4.43. The smallest absolute Gasteiger partial charge is 0.269 e. The van der Waals surface area contributed by atoms with Gasteiger partial charge in [-0.3, -0.25) is 15.6 Å². The van der Waals surface area contributed by atoms with Gasteiger partial charge in [0.2, 0.25) is 10.0 Å². The molecule has 2 aromatic rings. The highest BCUT2D eigenvalue weighted by Gasteiger charge is 2.21. The Morgan fingerprint density at radius 1 is 1.00 bits per heavy atom. The van der Waals surface area contributed by atoms with Crippen molar-refractivity contribution in [3.8, 4) is 0 Å². The van der Waals surface area contributed by atoms with E-state index in [1.165, 1.54) is 40.7 Å². The van der Waals surface area contributed by atoms with Crippen LogP contribution in [0.3, 0.4) is 0 Å². The van der Waals surface area contributed by atoms with Crippen molar-refractivity contribution in [2.75, 3.05) is 18.5 Å². The van der Waals surface area contributed by atoms with E-state index >= 15 is 0 Å². The summed E-state index contributed by atoms with van der Waals surface area (Å²) in [5.41, 5.74) is 5.67. The monoisotopic (exact) mass is 449 g/mol. The van der Waals surface area contributed by atoms with E-state index < -0.39 is 15.9 Å². The Kier molecular flexibility index (Phi) is 7.36. The number of hydrazine groups is 1. The third kappa shape index (κ3) is 5.06. The predicted molar refractivity (Wildman–Crippen MR) is 109 cm³/mol. The number of carbonyl (C=O) groups excluding carboxylic acids is 1. The number of benzene rings is 2. The molecule has 146 valence electrons. The minimum absolute atomic E-state index is 0.125. The Hall–Kier alpha value is -1.51. The number of hydrogen-bond acceptors (Lipinski definition) is 4. The van der Waals surface area contributed by atoms with Crippen molar-refractivity contribution in [2.24, 2.45) is 0 Å². The second-order valence-electron chi connectivity index (χ2n) is 5.44. The number of anilines is 1. The number of nitrogens with zero attached hydrogens (tertiary/aromatic N) is 1. The summed E-state index contributed by atoms with van der Waals surface area (Å²) < 4.78 is 26.3. The summed E-state index contributed by atoms with van der Waals surface area (Å²) in [5.74, 6) is -0.483. The Labute approximate surface area is 173 Å².